The predicted molar refractivity (Wildman–Crippen MR) is 57.5 cm³/mol. The van der Waals surface area contributed by atoms with Crippen LogP contribution in [0.25, 0.3) is 0 Å². The van der Waals surface area contributed by atoms with Gasteiger partial charge in [0.25, 0.3) is 0 Å². The molecule has 0 atom stereocenters. The number of carbonyl (C=O) groups is 1. The van der Waals surface area contributed by atoms with Crippen molar-refractivity contribution in [3.63, 3.8) is 0 Å². The second-order valence-corrected chi connectivity index (χ2v) is 3.99. The average molecular weight is 194 g/mol. The lowest BCUT2D eigenvalue weighted by atomic mass is 10.2. The van der Waals surface area contributed by atoms with Crippen LogP contribution in [0.4, 0.5) is 0 Å². The average Bonchev–Trinajstić information content (AvgIpc) is 2.19. The Bertz CT molecular complexity index is 271. The Morgan fingerprint density at radius 2 is 2.15 bits per heavy atom. The van der Waals surface area contributed by atoms with Gasteiger partial charge in [0.1, 0.15) is 0 Å². The molecule has 1 aromatic carbocycles. The van der Waals surface area contributed by atoms with Crippen LogP contribution in [0.15, 0.2) is 29.2 Å². The molecule has 0 aliphatic carbocycles. The Labute approximate surface area is 83.5 Å². The Kier molecular flexibility index (Phi) is 4.61. The van der Waals surface area contributed by atoms with Crippen LogP contribution in [0.1, 0.15) is 30.1 Å². The van der Waals surface area contributed by atoms with Crippen LogP contribution < -0.4 is 0 Å². The lowest BCUT2D eigenvalue weighted by Gasteiger charge is -2.02. The molecule has 0 spiro atoms. The van der Waals surface area contributed by atoms with Crippen LogP contribution in [0, 0.1) is 0 Å². The molecule has 0 unspecified atom stereocenters. The van der Waals surface area contributed by atoms with Gasteiger partial charge in [0, 0.05) is 10.5 Å². The van der Waals surface area contributed by atoms with E-state index in [-0.39, 0.29) is 0 Å². The first-order valence-corrected chi connectivity index (χ1v) is 5.54. The smallest absolute Gasteiger partial charge is 0.151 e. The normalized spacial score (nSPS) is 9.92. The summed E-state index contributed by atoms with van der Waals surface area (Å²) in [5.74, 6) is 1.10. The minimum Gasteiger partial charge on any atom is -0.298 e. The van der Waals surface area contributed by atoms with E-state index in [2.05, 4.69) is 6.92 Å². The number of rotatable bonds is 5. The molecule has 0 aliphatic heterocycles. The van der Waals surface area contributed by atoms with Crippen molar-refractivity contribution in [2.24, 2.45) is 0 Å². The van der Waals surface area contributed by atoms with Gasteiger partial charge in [-0.3, -0.25) is 4.79 Å². The molecule has 2 heteroatoms. The highest BCUT2D eigenvalue weighted by atomic mass is 32.2. The van der Waals surface area contributed by atoms with Crippen LogP contribution in [-0.4, -0.2) is 12.0 Å². The van der Waals surface area contributed by atoms with E-state index in [1.54, 1.807) is 11.8 Å². The summed E-state index contributed by atoms with van der Waals surface area (Å²) in [5.41, 5.74) is 0.809. The highest BCUT2D eigenvalue weighted by Crippen LogP contribution is 2.22. The first kappa shape index (κ1) is 10.3. The van der Waals surface area contributed by atoms with E-state index in [0.717, 1.165) is 22.5 Å². The summed E-state index contributed by atoms with van der Waals surface area (Å²) in [5, 5.41) is 0. The van der Waals surface area contributed by atoms with Gasteiger partial charge < -0.3 is 0 Å². The van der Waals surface area contributed by atoms with Crippen molar-refractivity contribution >= 4 is 18.0 Å². The van der Waals surface area contributed by atoms with Crippen molar-refractivity contribution in [1.82, 2.24) is 0 Å². The zero-order valence-electron chi connectivity index (χ0n) is 7.82. The minimum atomic E-state index is 0.809. The first-order valence-electron chi connectivity index (χ1n) is 4.55. The second kappa shape index (κ2) is 5.81. The maximum Gasteiger partial charge on any atom is 0.151 e. The molecule has 70 valence electrons. The predicted octanol–water partition coefficient (Wildman–Crippen LogP) is 3.39. The molecule has 0 amide bonds. The molecule has 0 saturated carbocycles. The third-order valence-electron chi connectivity index (χ3n) is 1.80. The quantitative estimate of drug-likeness (QED) is 0.406. The Hall–Kier alpha value is -0.760. The molecule has 0 aromatic heterocycles. The summed E-state index contributed by atoms with van der Waals surface area (Å²) in [6, 6.07) is 7.74. The van der Waals surface area contributed by atoms with Gasteiger partial charge in [0.05, 0.1) is 0 Å². The zero-order chi connectivity index (χ0) is 9.52. The zero-order valence-corrected chi connectivity index (χ0v) is 8.64. The third kappa shape index (κ3) is 3.23. The summed E-state index contributed by atoms with van der Waals surface area (Å²) < 4.78 is 0. The summed E-state index contributed by atoms with van der Waals surface area (Å²) in [6.45, 7) is 2.17. The number of thioether (sulfide) groups is 1. The summed E-state index contributed by atoms with van der Waals surface area (Å²) in [7, 11) is 0. The number of hydrogen-bond acceptors (Lipinski definition) is 2. The molecule has 1 nitrogen and oxygen atoms in total. The number of unbranched alkanes of at least 4 members (excludes halogenated alkanes) is 1. The molecule has 0 heterocycles. The molecule has 1 aromatic rings. The van der Waals surface area contributed by atoms with E-state index < -0.39 is 0 Å². The van der Waals surface area contributed by atoms with Gasteiger partial charge in [-0.05, 0) is 18.2 Å². The highest BCUT2D eigenvalue weighted by molar-refractivity contribution is 7.99. The largest absolute Gasteiger partial charge is 0.298 e. The number of carbonyl (C=O) groups excluding carboxylic acids is 1. The molecule has 0 saturated heterocycles. The van der Waals surface area contributed by atoms with Crippen molar-refractivity contribution in [1.29, 1.82) is 0 Å². The van der Waals surface area contributed by atoms with Crippen LogP contribution in [0.3, 0.4) is 0 Å². The molecule has 0 fully saturated rings. The Morgan fingerprint density at radius 3 is 2.85 bits per heavy atom. The van der Waals surface area contributed by atoms with E-state index in [1.165, 1.54) is 12.8 Å². The Morgan fingerprint density at radius 1 is 1.38 bits per heavy atom. The molecule has 0 aliphatic rings. The highest BCUT2D eigenvalue weighted by Gasteiger charge is 1.99. The van der Waals surface area contributed by atoms with Gasteiger partial charge in [0.2, 0.25) is 0 Å². The Balaban J connectivity index is 2.59. The van der Waals surface area contributed by atoms with Crippen LogP contribution in [-0.2, 0) is 0 Å². The van der Waals surface area contributed by atoms with Gasteiger partial charge in [0.15, 0.2) is 6.29 Å². The van der Waals surface area contributed by atoms with E-state index >= 15 is 0 Å². The maximum atomic E-state index is 10.6. The van der Waals surface area contributed by atoms with E-state index in [4.69, 9.17) is 0 Å². The van der Waals surface area contributed by atoms with E-state index in [9.17, 15) is 4.79 Å². The van der Waals surface area contributed by atoms with Gasteiger partial charge >= 0.3 is 0 Å². The number of benzene rings is 1. The summed E-state index contributed by atoms with van der Waals surface area (Å²) in [6.07, 6.45) is 3.34. The van der Waals surface area contributed by atoms with Crippen molar-refractivity contribution in [3.8, 4) is 0 Å². The monoisotopic (exact) mass is 194 g/mol. The fourth-order valence-corrected chi connectivity index (χ4v) is 2.15. The first-order chi connectivity index (χ1) is 6.38. The third-order valence-corrected chi connectivity index (χ3v) is 2.98. The molecule has 13 heavy (non-hydrogen) atoms. The maximum absolute atomic E-state index is 10.6. The van der Waals surface area contributed by atoms with Crippen molar-refractivity contribution in [3.05, 3.63) is 29.8 Å². The fraction of sp³-hybridized carbons (Fsp3) is 0.364. The topological polar surface area (TPSA) is 17.1 Å². The van der Waals surface area contributed by atoms with Crippen molar-refractivity contribution in [2.75, 3.05) is 5.75 Å². The minimum absolute atomic E-state index is 0.809. The summed E-state index contributed by atoms with van der Waals surface area (Å²) in [4.78, 5) is 11.7. The molecule has 0 N–H and O–H groups in total. The summed E-state index contributed by atoms with van der Waals surface area (Å²) >= 11 is 1.76. The van der Waals surface area contributed by atoms with E-state index in [0.29, 0.717) is 0 Å². The SMILES string of the molecule is CCCCSc1ccccc1C=O. The van der Waals surface area contributed by atoms with Crippen molar-refractivity contribution in [2.45, 2.75) is 24.7 Å². The van der Waals surface area contributed by atoms with Crippen molar-refractivity contribution < 1.29 is 4.79 Å². The van der Waals surface area contributed by atoms with Crippen LogP contribution in [0.5, 0.6) is 0 Å². The van der Waals surface area contributed by atoms with Gasteiger partial charge in [-0.25, -0.2) is 0 Å². The van der Waals surface area contributed by atoms with E-state index in [1.807, 2.05) is 24.3 Å². The van der Waals surface area contributed by atoms with Crippen LogP contribution >= 0.6 is 11.8 Å². The number of hydrogen-bond donors (Lipinski definition) is 0. The van der Waals surface area contributed by atoms with Gasteiger partial charge in [-0.15, -0.1) is 11.8 Å². The molecule has 0 bridgehead atoms. The van der Waals surface area contributed by atoms with Gasteiger partial charge in [-0.1, -0.05) is 31.5 Å². The molecule has 1 rings (SSSR count). The lowest BCUT2D eigenvalue weighted by molar-refractivity contribution is 0.112. The molecule has 0 radical (unpaired) electrons. The molecular formula is C11H14OS. The second-order valence-electron chi connectivity index (χ2n) is 2.86. The standard InChI is InChI=1S/C11H14OS/c1-2-3-8-13-11-7-5-4-6-10(11)9-12/h4-7,9H,2-3,8H2,1H3. The van der Waals surface area contributed by atoms with Crippen LogP contribution in [0.2, 0.25) is 0 Å². The molecular weight excluding hydrogens is 180 g/mol. The van der Waals surface area contributed by atoms with Gasteiger partial charge in [-0.2, -0.15) is 0 Å². The number of aldehydes is 1. The lowest BCUT2D eigenvalue weighted by Crippen LogP contribution is -1.85. The fourth-order valence-electron chi connectivity index (χ4n) is 1.04.